The lowest BCUT2D eigenvalue weighted by Gasteiger charge is -2.29. The van der Waals surface area contributed by atoms with Gasteiger partial charge in [-0.15, -0.1) is 0 Å². The van der Waals surface area contributed by atoms with Crippen LogP contribution in [0.1, 0.15) is 18.5 Å². The maximum absolute atomic E-state index is 13.1. The van der Waals surface area contributed by atoms with Gasteiger partial charge < -0.3 is 25.4 Å². The fraction of sp³-hybridized carbons (Fsp3) is 0.200. The number of ether oxygens (including phenoxy) is 2. The molecule has 0 saturated carbocycles. The Kier molecular flexibility index (Phi) is 5.75. The van der Waals surface area contributed by atoms with E-state index in [2.05, 4.69) is 16.0 Å². The number of methoxy groups -OCH3 is 2. The highest BCUT2D eigenvalue weighted by atomic mass is 35.5. The number of hydrogen-bond acceptors (Lipinski definition) is 4. The lowest BCUT2D eigenvalue weighted by Crippen LogP contribution is -2.46. The summed E-state index contributed by atoms with van der Waals surface area (Å²) in [6.45, 7) is 1.67. The standard InChI is InChI=1S/C20H20ClN3O4/c1-11-17(18(24-20(26)22-11)13-6-4-5-7-14(13)21)19(25)23-15-10-12(27-2)8-9-16(15)28-3/h4-10,18H,1-3H3,(H,23,25)(H2,22,24,26)/t18-/m1/s1. The van der Waals surface area contributed by atoms with E-state index in [9.17, 15) is 9.59 Å². The molecule has 7 nitrogen and oxygen atoms in total. The number of benzene rings is 2. The molecule has 0 spiro atoms. The van der Waals surface area contributed by atoms with Crippen molar-refractivity contribution in [3.63, 3.8) is 0 Å². The summed E-state index contributed by atoms with van der Waals surface area (Å²) in [5, 5.41) is 8.68. The van der Waals surface area contributed by atoms with Crippen molar-refractivity contribution in [2.45, 2.75) is 13.0 Å². The largest absolute Gasteiger partial charge is 0.497 e. The highest BCUT2D eigenvalue weighted by Gasteiger charge is 2.32. The third kappa shape index (κ3) is 3.89. The van der Waals surface area contributed by atoms with Gasteiger partial charge in [0.05, 0.1) is 31.5 Å². The number of hydrogen-bond donors (Lipinski definition) is 3. The van der Waals surface area contributed by atoms with Crippen LogP contribution in [0, 0.1) is 0 Å². The first-order chi connectivity index (χ1) is 13.4. The fourth-order valence-corrected chi connectivity index (χ4v) is 3.28. The quantitative estimate of drug-likeness (QED) is 0.713. The van der Waals surface area contributed by atoms with E-state index < -0.39 is 18.0 Å². The maximum atomic E-state index is 13.1. The van der Waals surface area contributed by atoms with Crippen molar-refractivity contribution in [3.8, 4) is 11.5 Å². The van der Waals surface area contributed by atoms with E-state index >= 15 is 0 Å². The number of halogens is 1. The van der Waals surface area contributed by atoms with Crippen LogP contribution in [-0.4, -0.2) is 26.2 Å². The van der Waals surface area contributed by atoms with E-state index in [0.29, 0.717) is 39.0 Å². The van der Waals surface area contributed by atoms with Gasteiger partial charge in [0, 0.05) is 16.8 Å². The van der Waals surface area contributed by atoms with E-state index in [4.69, 9.17) is 21.1 Å². The average Bonchev–Trinajstić information content (AvgIpc) is 2.67. The zero-order chi connectivity index (χ0) is 20.3. The number of rotatable bonds is 5. The summed E-state index contributed by atoms with van der Waals surface area (Å²) in [6, 6.07) is 11.0. The topological polar surface area (TPSA) is 88.7 Å². The molecule has 146 valence electrons. The molecule has 0 bridgehead atoms. The second-order valence-corrected chi connectivity index (χ2v) is 6.52. The molecular formula is C20H20ClN3O4. The van der Waals surface area contributed by atoms with Crippen molar-refractivity contribution < 1.29 is 19.1 Å². The Morgan fingerprint density at radius 1 is 1.14 bits per heavy atom. The van der Waals surface area contributed by atoms with Crippen LogP contribution in [0.5, 0.6) is 11.5 Å². The Morgan fingerprint density at radius 3 is 2.57 bits per heavy atom. The Morgan fingerprint density at radius 2 is 1.89 bits per heavy atom. The normalized spacial score (nSPS) is 16.1. The molecule has 3 N–H and O–H groups in total. The minimum Gasteiger partial charge on any atom is -0.497 e. The second kappa shape index (κ2) is 8.22. The Balaban J connectivity index is 2.00. The van der Waals surface area contributed by atoms with Gasteiger partial charge in [-0.05, 0) is 30.7 Å². The SMILES string of the molecule is COc1ccc(OC)c(NC(=O)C2=C(C)NC(=O)N[C@@H]2c2ccccc2Cl)c1. The molecule has 28 heavy (non-hydrogen) atoms. The minimum absolute atomic E-state index is 0.345. The summed E-state index contributed by atoms with van der Waals surface area (Å²) >= 11 is 6.31. The number of carbonyl (C=O) groups is 2. The first-order valence-electron chi connectivity index (χ1n) is 8.50. The lowest BCUT2D eigenvalue weighted by molar-refractivity contribution is -0.113. The number of nitrogens with one attached hydrogen (secondary N) is 3. The molecule has 1 heterocycles. The molecule has 2 aromatic rings. The molecule has 8 heteroatoms. The first-order valence-corrected chi connectivity index (χ1v) is 8.88. The minimum atomic E-state index is -0.695. The summed E-state index contributed by atoms with van der Waals surface area (Å²) in [5.74, 6) is 0.649. The number of allylic oxidation sites excluding steroid dienone is 1. The summed E-state index contributed by atoms with van der Waals surface area (Å²) in [5.41, 5.74) is 1.86. The van der Waals surface area contributed by atoms with Gasteiger partial charge in [0.1, 0.15) is 11.5 Å². The fourth-order valence-electron chi connectivity index (χ4n) is 3.04. The molecule has 1 atom stereocenters. The summed E-state index contributed by atoms with van der Waals surface area (Å²) in [4.78, 5) is 25.2. The van der Waals surface area contributed by atoms with Gasteiger partial charge in [0.2, 0.25) is 0 Å². The molecule has 0 radical (unpaired) electrons. The van der Waals surface area contributed by atoms with Gasteiger partial charge in [0.25, 0.3) is 5.91 Å². The third-order valence-corrected chi connectivity index (χ3v) is 4.73. The van der Waals surface area contributed by atoms with Crippen LogP contribution in [0.15, 0.2) is 53.7 Å². The van der Waals surface area contributed by atoms with Crippen molar-refractivity contribution in [2.75, 3.05) is 19.5 Å². The zero-order valence-electron chi connectivity index (χ0n) is 15.6. The van der Waals surface area contributed by atoms with Crippen LogP contribution in [0.2, 0.25) is 5.02 Å². The van der Waals surface area contributed by atoms with Gasteiger partial charge >= 0.3 is 6.03 Å². The molecule has 1 aliphatic heterocycles. The van der Waals surface area contributed by atoms with Gasteiger partial charge in [-0.1, -0.05) is 29.8 Å². The Hall–Kier alpha value is -3.19. The van der Waals surface area contributed by atoms with Gasteiger partial charge in [0.15, 0.2) is 0 Å². The summed E-state index contributed by atoms with van der Waals surface area (Å²) in [6.07, 6.45) is 0. The van der Waals surface area contributed by atoms with Gasteiger partial charge in [-0.25, -0.2) is 4.79 Å². The first kappa shape index (κ1) is 19.6. The van der Waals surface area contributed by atoms with Crippen LogP contribution in [-0.2, 0) is 4.79 Å². The number of anilines is 1. The van der Waals surface area contributed by atoms with Crippen molar-refractivity contribution >= 4 is 29.2 Å². The lowest BCUT2D eigenvalue weighted by atomic mass is 9.94. The van der Waals surface area contributed by atoms with Crippen LogP contribution < -0.4 is 25.4 Å². The highest BCUT2D eigenvalue weighted by Crippen LogP contribution is 2.34. The maximum Gasteiger partial charge on any atom is 0.319 e. The van der Waals surface area contributed by atoms with E-state index in [1.807, 2.05) is 0 Å². The smallest absolute Gasteiger partial charge is 0.319 e. The van der Waals surface area contributed by atoms with Crippen LogP contribution in [0.25, 0.3) is 0 Å². The summed E-state index contributed by atoms with van der Waals surface area (Å²) < 4.78 is 10.5. The predicted octanol–water partition coefficient (Wildman–Crippen LogP) is 3.62. The zero-order valence-corrected chi connectivity index (χ0v) is 16.4. The van der Waals surface area contributed by atoms with Crippen molar-refractivity contribution in [1.29, 1.82) is 0 Å². The molecule has 2 aromatic carbocycles. The molecule has 3 rings (SSSR count). The number of amides is 3. The van der Waals surface area contributed by atoms with Crippen LogP contribution in [0.4, 0.5) is 10.5 Å². The highest BCUT2D eigenvalue weighted by molar-refractivity contribution is 6.31. The van der Waals surface area contributed by atoms with E-state index in [0.717, 1.165) is 0 Å². The van der Waals surface area contributed by atoms with E-state index in [-0.39, 0.29) is 0 Å². The molecule has 0 unspecified atom stereocenters. The molecular weight excluding hydrogens is 382 g/mol. The number of urea groups is 1. The average molecular weight is 402 g/mol. The van der Waals surface area contributed by atoms with E-state index in [1.165, 1.54) is 14.2 Å². The van der Waals surface area contributed by atoms with Crippen LogP contribution >= 0.6 is 11.6 Å². The van der Waals surface area contributed by atoms with E-state index in [1.54, 1.807) is 49.4 Å². The Labute approximate surface area is 167 Å². The van der Waals surface area contributed by atoms with Crippen molar-refractivity contribution in [1.82, 2.24) is 10.6 Å². The van der Waals surface area contributed by atoms with Gasteiger partial charge in [-0.3, -0.25) is 4.79 Å². The van der Waals surface area contributed by atoms with Crippen molar-refractivity contribution in [3.05, 3.63) is 64.3 Å². The third-order valence-electron chi connectivity index (χ3n) is 4.38. The molecule has 3 amide bonds. The van der Waals surface area contributed by atoms with Crippen molar-refractivity contribution in [2.24, 2.45) is 0 Å². The number of carbonyl (C=O) groups excluding carboxylic acids is 2. The monoisotopic (exact) mass is 401 g/mol. The predicted molar refractivity (Wildman–Crippen MR) is 107 cm³/mol. The molecule has 0 aliphatic carbocycles. The van der Waals surface area contributed by atoms with Crippen LogP contribution in [0.3, 0.4) is 0 Å². The molecule has 1 aliphatic rings. The molecule has 0 fully saturated rings. The second-order valence-electron chi connectivity index (χ2n) is 6.11. The molecule has 0 aromatic heterocycles. The van der Waals surface area contributed by atoms with Gasteiger partial charge in [-0.2, -0.15) is 0 Å². The molecule has 0 saturated heterocycles. The Bertz CT molecular complexity index is 958. The summed E-state index contributed by atoms with van der Waals surface area (Å²) in [7, 11) is 3.05.